The summed E-state index contributed by atoms with van der Waals surface area (Å²) in [5, 5.41) is 3.34. The van der Waals surface area contributed by atoms with Gasteiger partial charge in [0, 0.05) is 30.0 Å². The monoisotopic (exact) mass is 365 g/mol. The van der Waals surface area contributed by atoms with E-state index in [9.17, 15) is 13.2 Å². The summed E-state index contributed by atoms with van der Waals surface area (Å²) in [6.07, 6.45) is 0.575. The fourth-order valence-electron chi connectivity index (χ4n) is 2.64. The Bertz CT molecular complexity index is 874. The second kappa shape index (κ2) is 6.62. The minimum Gasteiger partial charge on any atom is -0.298 e. The molecule has 1 aliphatic heterocycles. The highest BCUT2D eigenvalue weighted by Crippen LogP contribution is 2.30. The molecule has 6 nitrogen and oxygen atoms in total. The van der Waals surface area contributed by atoms with Crippen molar-refractivity contribution in [1.29, 1.82) is 0 Å². The molecule has 0 radical (unpaired) electrons. The van der Waals surface area contributed by atoms with E-state index in [1.807, 2.05) is 25.1 Å². The largest absolute Gasteiger partial charge is 0.298 e. The lowest BCUT2D eigenvalue weighted by molar-refractivity contribution is 0.102. The molecule has 0 unspecified atom stereocenters. The molecule has 0 bridgehead atoms. The van der Waals surface area contributed by atoms with Crippen molar-refractivity contribution in [3.05, 3.63) is 46.0 Å². The Balaban J connectivity index is 1.77. The summed E-state index contributed by atoms with van der Waals surface area (Å²) in [6.45, 7) is 4.31. The Hall–Kier alpha value is -1.77. The smallest absolute Gasteiger partial charge is 0.257 e. The zero-order chi connectivity index (χ0) is 17.3. The fourth-order valence-corrected chi connectivity index (χ4v) is 4.80. The number of sulfonamides is 1. The molecular formula is C16H19N3O3S2. The molecule has 1 aromatic heterocycles. The molecule has 0 saturated heterocycles. The topological polar surface area (TPSA) is 79.4 Å². The lowest BCUT2D eigenvalue weighted by atomic mass is 10.1. The van der Waals surface area contributed by atoms with E-state index < -0.39 is 10.0 Å². The minimum atomic E-state index is -3.20. The Labute approximate surface area is 145 Å². The molecule has 128 valence electrons. The van der Waals surface area contributed by atoms with E-state index in [0.29, 0.717) is 30.2 Å². The van der Waals surface area contributed by atoms with E-state index in [1.165, 1.54) is 15.6 Å². The summed E-state index contributed by atoms with van der Waals surface area (Å²) < 4.78 is 25.5. The number of aromatic nitrogens is 1. The lowest BCUT2D eigenvalue weighted by Crippen LogP contribution is -2.36. The summed E-state index contributed by atoms with van der Waals surface area (Å²) in [6, 6.07) is 7.36. The maximum Gasteiger partial charge on any atom is 0.257 e. The van der Waals surface area contributed by atoms with E-state index in [1.54, 1.807) is 13.0 Å². The third-order valence-corrected chi connectivity index (χ3v) is 6.89. The van der Waals surface area contributed by atoms with Gasteiger partial charge >= 0.3 is 0 Å². The average Bonchev–Trinajstić information content (AvgIpc) is 2.96. The van der Waals surface area contributed by atoms with Gasteiger partial charge in [0.25, 0.3) is 5.91 Å². The zero-order valence-corrected chi connectivity index (χ0v) is 15.2. The SMILES string of the molecule is CCS(=O)(=O)N1CCc2nc(NC(=O)c3ccccc3C)sc2C1. The number of nitrogens with zero attached hydrogens (tertiary/aromatic N) is 2. The van der Waals surface area contributed by atoms with Gasteiger partial charge in [0.1, 0.15) is 0 Å². The Morgan fingerprint density at radius 1 is 1.38 bits per heavy atom. The first-order chi connectivity index (χ1) is 11.4. The molecule has 0 aliphatic carbocycles. The first-order valence-corrected chi connectivity index (χ1v) is 10.2. The van der Waals surface area contributed by atoms with Crippen LogP contribution in [0, 0.1) is 6.92 Å². The van der Waals surface area contributed by atoms with Crippen LogP contribution in [0.25, 0.3) is 0 Å². The standard InChI is InChI=1S/C16H19N3O3S2/c1-3-24(21,22)19-9-8-13-14(10-19)23-16(17-13)18-15(20)12-7-5-4-6-11(12)2/h4-7H,3,8-10H2,1-2H3,(H,17,18,20). The fraction of sp³-hybridized carbons (Fsp3) is 0.375. The van der Waals surface area contributed by atoms with Gasteiger partial charge in [0.05, 0.1) is 11.4 Å². The van der Waals surface area contributed by atoms with Crippen LogP contribution in [0.3, 0.4) is 0 Å². The Morgan fingerprint density at radius 3 is 2.83 bits per heavy atom. The van der Waals surface area contributed by atoms with Gasteiger partial charge in [-0.25, -0.2) is 13.4 Å². The van der Waals surface area contributed by atoms with Gasteiger partial charge in [-0.15, -0.1) is 11.3 Å². The molecule has 0 saturated carbocycles. The van der Waals surface area contributed by atoms with Crippen LogP contribution in [-0.2, 0) is 23.0 Å². The number of rotatable bonds is 4. The van der Waals surface area contributed by atoms with E-state index >= 15 is 0 Å². The van der Waals surface area contributed by atoms with Crippen molar-refractivity contribution in [2.75, 3.05) is 17.6 Å². The van der Waals surface area contributed by atoms with E-state index in [4.69, 9.17) is 0 Å². The number of carbonyl (C=O) groups excluding carboxylic acids is 1. The first-order valence-electron chi connectivity index (χ1n) is 7.74. The predicted octanol–water partition coefficient (Wildman–Crippen LogP) is 2.41. The summed E-state index contributed by atoms with van der Waals surface area (Å²) in [5.41, 5.74) is 2.39. The zero-order valence-electron chi connectivity index (χ0n) is 13.6. The van der Waals surface area contributed by atoms with Crippen LogP contribution < -0.4 is 5.32 Å². The van der Waals surface area contributed by atoms with Crippen LogP contribution in [0.5, 0.6) is 0 Å². The van der Waals surface area contributed by atoms with Crippen LogP contribution in [-0.4, -0.2) is 35.9 Å². The van der Waals surface area contributed by atoms with Crippen molar-refractivity contribution in [1.82, 2.24) is 9.29 Å². The molecule has 0 atom stereocenters. The second-order valence-corrected chi connectivity index (χ2v) is 8.98. The van der Waals surface area contributed by atoms with Gasteiger partial charge in [-0.2, -0.15) is 4.31 Å². The molecule has 3 rings (SSSR count). The highest BCUT2D eigenvalue weighted by Gasteiger charge is 2.28. The molecule has 1 amide bonds. The summed E-state index contributed by atoms with van der Waals surface area (Å²) in [5.74, 6) is -0.102. The number of nitrogens with one attached hydrogen (secondary N) is 1. The minimum absolute atomic E-state index is 0.0953. The third-order valence-electron chi connectivity index (χ3n) is 4.06. The maximum atomic E-state index is 12.4. The average molecular weight is 365 g/mol. The van der Waals surface area contributed by atoms with Crippen molar-refractivity contribution in [3.8, 4) is 0 Å². The quantitative estimate of drug-likeness (QED) is 0.902. The van der Waals surface area contributed by atoms with Gasteiger partial charge in [-0.05, 0) is 25.5 Å². The summed E-state index contributed by atoms with van der Waals surface area (Å²) >= 11 is 1.35. The molecule has 0 spiro atoms. The molecule has 2 aromatic rings. The Morgan fingerprint density at radius 2 is 2.12 bits per heavy atom. The van der Waals surface area contributed by atoms with Gasteiger partial charge < -0.3 is 0 Å². The number of thiazole rings is 1. The van der Waals surface area contributed by atoms with Gasteiger partial charge in [0.15, 0.2) is 5.13 Å². The highest BCUT2D eigenvalue weighted by atomic mass is 32.2. The normalized spacial score (nSPS) is 15.1. The van der Waals surface area contributed by atoms with E-state index in [0.717, 1.165) is 16.1 Å². The van der Waals surface area contributed by atoms with Crippen molar-refractivity contribution < 1.29 is 13.2 Å². The summed E-state index contributed by atoms with van der Waals surface area (Å²) in [7, 11) is -3.20. The molecule has 1 N–H and O–H groups in total. The number of amides is 1. The van der Waals surface area contributed by atoms with E-state index in [-0.39, 0.29) is 11.7 Å². The van der Waals surface area contributed by atoms with Crippen molar-refractivity contribution >= 4 is 32.4 Å². The lowest BCUT2D eigenvalue weighted by Gasteiger charge is -2.24. The number of hydrogen-bond donors (Lipinski definition) is 1. The molecule has 2 heterocycles. The number of anilines is 1. The van der Waals surface area contributed by atoms with Crippen LogP contribution in [0.1, 0.15) is 33.4 Å². The summed E-state index contributed by atoms with van der Waals surface area (Å²) in [4.78, 5) is 17.7. The van der Waals surface area contributed by atoms with Crippen LogP contribution in [0.4, 0.5) is 5.13 Å². The number of aryl methyl sites for hydroxylation is 1. The van der Waals surface area contributed by atoms with Crippen molar-refractivity contribution in [2.45, 2.75) is 26.8 Å². The van der Waals surface area contributed by atoms with Gasteiger partial charge in [-0.3, -0.25) is 10.1 Å². The molecule has 8 heteroatoms. The van der Waals surface area contributed by atoms with Crippen molar-refractivity contribution in [2.24, 2.45) is 0 Å². The van der Waals surface area contributed by atoms with Crippen LogP contribution >= 0.6 is 11.3 Å². The second-order valence-electron chi connectivity index (χ2n) is 5.64. The maximum absolute atomic E-state index is 12.4. The third kappa shape index (κ3) is 3.35. The van der Waals surface area contributed by atoms with Crippen molar-refractivity contribution in [3.63, 3.8) is 0 Å². The predicted molar refractivity (Wildman–Crippen MR) is 94.8 cm³/mol. The Kier molecular flexibility index (Phi) is 4.71. The number of benzene rings is 1. The number of hydrogen-bond acceptors (Lipinski definition) is 5. The number of fused-ring (bicyclic) bond motifs is 1. The number of carbonyl (C=O) groups is 1. The molecule has 24 heavy (non-hydrogen) atoms. The van der Waals surface area contributed by atoms with Crippen LogP contribution in [0.2, 0.25) is 0 Å². The van der Waals surface area contributed by atoms with Gasteiger partial charge in [0.2, 0.25) is 10.0 Å². The van der Waals surface area contributed by atoms with E-state index in [2.05, 4.69) is 10.3 Å². The first kappa shape index (κ1) is 17.1. The molecule has 1 aliphatic rings. The molecule has 0 fully saturated rings. The highest BCUT2D eigenvalue weighted by molar-refractivity contribution is 7.89. The van der Waals surface area contributed by atoms with Gasteiger partial charge in [-0.1, -0.05) is 18.2 Å². The molecule has 1 aromatic carbocycles. The molecular weight excluding hydrogens is 346 g/mol. The van der Waals surface area contributed by atoms with Crippen LogP contribution in [0.15, 0.2) is 24.3 Å².